The molecule has 0 aliphatic carbocycles. The number of nitrogens with one attached hydrogen (secondary N) is 1. The molecule has 8 heteroatoms. The number of rotatable bonds is 6. The maximum atomic E-state index is 13.0. The lowest BCUT2D eigenvalue weighted by Crippen LogP contribution is -2.27. The van der Waals surface area contributed by atoms with Crippen LogP contribution >= 0.6 is 0 Å². The van der Waals surface area contributed by atoms with Gasteiger partial charge < -0.3 is 16.2 Å². The number of nitrogens with two attached hydrogens (primary N) is 2. The van der Waals surface area contributed by atoms with Crippen LogP contribution in [0.2, 0.25) is 0 Å². The Kier molecular flexibility index (Phi) is 5.73. The molecule has 6 nitrogen and oxygen atoms in total. The molecule has 0 aliphatic heterocycles. The van der Waals surface area contributed by atoms with Gasteiger partial charge in [-0.1, -0.05) is 6.92 Å². The standard InChI is InChI=1S/C14H15F2N3O3/c1-2-10(17)12(13(18)19)14(21)22-6-11(20)7-3-8(15)5-9(16)4-7/h3-5H,2,6,17H2,1H3,(H3,18,19). The summed E-state index contributed by atoms with van der Waals surface area (Å²) in [6.45, 7) is 0.891. The number of hydrogen-bond acceptors (Lipinski definition) is 5. The van der Waals surface area contributed by atoms with E-state index in [9.17, 15) is 18.4 Å². The van der Waals surface area contributed by atoms with Crippen molar-refractivity contribution in [2.24, 2.45) is 11.5 Å². The second-order valence-electron chi connectivity index (χ2n) is 4.32. The molecule has 0 aromatic heterocycles. The Morgan fingerprint density at radius 2 is 1.73 bits per heavy atom. The summed E-state index contributed by atoms with van der Waals surface area (Å²) in [7, 11) is 0. The molecule has 1 aromatic carbocycles. The van der Waals surface area contributed by atoms with E-state index in [0.29, 0.717) is 6.07 Å². The van der Waals surface area contributed by atoms with Crippen LogP contribution in [0, 0.1) is 17.0 Å². The third-order valence-electron chi connectivity index (χ3n) is 2.69. The van der Waals surface area contributed by atoms with Gasteiger partial charge in [0, 0.05) is 17.3 Å². The Hall–Kier alpha value is -2.77. The highest BCUT2D eigenvalue weighted by molar-refractivity contribution is 6.17. The molecule has 0 saturated heterocycles. The average Bonchev–Trinajstić information content (AvgIpc) is 2.43. The second kappa shape index (κ2) is 7.30. The van der Waals surface area contributed by atoms with Crippen molar-refractivity contribution in [3.8, 4) is 0 Å². The quantitative estimate of drug-likeness (QED) is 0.240. The fraction of sp³-hybridized carbons (Fsp3) is 0.214. The monoisotopic (exact) mass is 311 g/mol. The molecule has 0 unspecified atom stereocenters. The van der Waals surface area contributed by atoms with Gasteiger partial charge in [-0.15, -0.1) is 0 Å². The summed E-state index contributed by atoms with van der Waals surface area (Å²) in [4.78, 5) is 23.5. The van der Waals surface area contributed by atoms with Gasteiger partial charge in [-0.05, 0) is 18.6 Å². The Balaban J connectivity index is 2.83. The average molecular weight is 311 g/mol. The number of ketones is 1. The molecule has 0 bridgehead atoms. The third kappa shape index (κ3) is 4.37. The van der Waals surface area contributed by atoms with Crippen LogP contribution in [0.5, 0.6) is 0 Å². The Bertz CT molecular complexity index is 636. The first kappa shape index (κ1) is 17.3. The van der Waals surface area contributed by atoms with Crippen LogP contribution in [0.15, 0.2) is 29.5 Å². The van der Waals surface area contributed by atoms with Crippen molar-refractivity contribution in [3.05, 3.63) is 46.7 Å². The van der Waals surface area contributed by atoms with Gasteiger partial charge in [0.2, 0.25) is 5.78 Å². The number of amidine groups is 1. The molecular formula is C14H15F2N3O3. The van der Waals surface area contributed by atoms with E-state index in [4.69, 9.17) is 21.6 Å². The normalized spacial score (nSPS) is 11.6. The SMILES string of the molecule is CCC(N)=C(C(=N)N)C(=O)OCC(=O)c1cc(F)cc(F)c1. The minimum atomic E-state index is -1.04. The van der Waals surface area contributed by atoms with Gasteiger partial charge in [0.05, 0.1) is 0 Å². The highest BCUT2D eigenvalue weighted by Gasteiger charge is 2.20. The molecule has 0 aliphatic rings. The van der Waals surface area contributed by atoms with Gasteiger partial charge in [-0.3, -0.25) is 10.2 Å². The number of esters is 1. The van der Waals surface area contributed by atoms with Crippen LogP contribution in [0.3, 0.4) is 0 Å². The van der Waals surface area contributed by atoms with Gasteiger partial charge in [-0.2, -0.15) is 0 Å². The molecule has 0 saturated carbocycles. The topological polar surface area (TPSA) is 119 Å². The van der Waals surface area contributed by atoms with E-state index in [2.05, 4.69) is 0 Å². The largest absolute Gasteiger partial charge is 0.454 e. The Labute approximate surface area is 125 Å². The van der Waals surface area contributed by atoms with Crippen molar-refractivity contribution < 1.29 is 23.1 Å². The number of ether oxygens (including phenoxy) is 1. The number of carbonyl (C=O) groups excluding carboxylic acids is 2. The van der Waals surface area contributed by atoms with E-state index in [-0.39, 0.29) is 23.3 Å². The second-order valence-corrected chi connectivity index (χ2v) is 4.32. The molecule has 0 spiro atoms. The number of halogens is 2. The maximum absolute atomic E-state index is 13.0. The molecule has 0 heterocycles. The Morgan fingerprint density at radius 1 is 1.18 bits per heavy atom. The molecular weight excluding hydrogens is 296 g/mol. The lowest BCUT2D eigenvalue weighted by atomic mass is 10.1. The lowest BCUT2D eigenvalue weighted by molar-refractivity contribution is -0.137. The van der Waals surface area contributed by atoms with Gasteiger partial charge in [0.15, 0.2) is 6.61 Å². The number of carbonyl (C=O) groups is 2. The van der Waals surface area contributed by atoms with Crippen LogP contribution in [-0.2, 0) is 9.53 Å². The molecule has 118 valence electrons. The first-order chi connectivity index (χ1) is 10.3. The summed E-state index contributed by atoms with van der Waals surface area (Å²) in [6.07, 6.45) is 0.257. The number of hydrogen-bond donors (Lipinski definition) is 3. The first-order valence-corrected chi connectivity index (χ1v) is 6.25. The zero-order valence-electron chi connectivity index (χ0n) is 11.8. The van der Waals surface area contributed by atoms with Crippen LogP contribution < -0.4 is 11.5 Å². The fourth-order valence-electron chi connectivity index (χ4n) is 1.59. The zero-order valence-corrected chi connectivity index (χ0v) is 11.8. The minimum Gasteiger partial charge on any atom is -0.454 e. The molecule has 0 amide bonds. The minimum absolute atomic E-state index is 0.0433. The van der Waals surface area contributed by atoms with Crippen molar-refractivity contribution in [1.29, 1.82) is 5.41 Å². The predicted octanol–water partition coefficient (Wildman–Crippen LogP) is 1.25. The Morgan fingerprint density at radius 3 is 2.18 bits per heavy atom. The number of allylic oxidation sites excluding steroid dienone is 1. The van der Waals surface area contributed by atoms with Crippen molar-refractivity contribution in [3.63, 3.8) is 0 Å². The van der Waals surface area contributed by atoms with E-state index in [1.165, 1.54) is 0 Å². The molecule has 0 radical (unpaired) electrons. The van der Waals surface area contributed by atoms with E-state index in [1.807, 2.05) is 0 Å². The van der Waals surface area contributed by atoms with E-state index in [1.54, 1.807) is 6.92 Å². The van der Waals surface area contributed by atoms with Crippen molar-refractivity contribution in [2.45, 2.75) is 13.3 Å². The third-order valence-corrected chi connectivity index (χ3v) is 2.69. The number of benzene rings is 1. The summed E-state index contributed by atoms with van der Waals surface area (Å²) in [5.41, 5.74) is 10.2. The molecule has 1 rings (SSSR count). The van der Waals surface area contributed by atoms with E-state index in [0.717, 1.165) is 12.1 Å². The molecule has 0 atom stereocenters. The molecule has 5 N–H and O–H groups in total. The number of Topliss-reactive ketones (excluding diaryl/α,β-unsaturated/α-hetero) is 1. The summed E-state index contributed by atoms with van der Waals surface area (Å²) in [6, 6.07) is 2.25. The van der Waals surface area contributed by atoms with Crippen LogP contribution in [0.1, 0.15) is 23.7 Å². The summed E-state index contributed by atoms with van der Waals surface area (Å²) in [5.74, 6) is -4.28. The van der Waals surface area contributed by atoms with Crippen LogP contribution in [0.4, 0.5) is 8.78 Å². The van der Waals surface area contributed by atoms with Crippen molar-refractivity contribution in [2.75, 3.05) is 6.61 Å². The molecule has 1 aromatic rings. The van der Waals surface area contributed by atoms with Crippen molar-refractivity contribution in [1.82, 2.24) is 0 Å². The molecule has 22 heavy (non-hydrogen) atoms. The lowest BCUT2D eigenvalue weighted by Gasteiger charge is -2.09. The molecule has 0 fully saturated rings. The highest BCUT2D eigenvalue weighted by atomic mass is 19.1. The predicted molar refractivity (Wildman–Crippen MR) is 75.1 cm³/mol. The summed E-state index contributed by atoms with van der Waals surface area (Å²) in [5, 5.41) is 7.28. The van der Waals surface area contributed by atoms with Crippen LogP contribution in [-0.4, -0.2) is 24.2 Å². The van der Waals surface area contributed by atoms with Gasteiger partial charge in [0.25, 0.3) is 0 Å². The highest BCUT2D eigenvalue weighted by Crippen LogP contribution is 2.10. The van der Waals surface area contributed by atoms with Crippen LogP contribution in [0.25, 0.3) is 0 Å². The van der Waals surface area contributed by atoms with Gasteiger partial charge >= 0.3 is 5.97 Å². The zero-order chi connectivity index (χ0) is 16.9. The smallest absolute Gasteiger partial charge is 0.344 e. The van der Waals surface area contributed by atoms with Gasteiger partial charge in [0.1, 0.15) is 23.0 Å². The summed E-state index contributed by atoms with van der Waals surface area (Å²) >= 11 is 0. The fourth-order valence-corrected chi connectivity index (χ4v) is 1.59. The van der Waals surface area contributed by atoms with Gasteiger partial charge in [-0.25, -0.2) is 13.6 Å². The van der Waals surface area contributed by atoms with E-state index < -0.39 is 35.8 Å². The summed E-state index contributed by atoms with van der Waals surface area (Å²) < 4.78 is 30.7. The first-order valence-electron chi connectivity index (χ1n) is 6.25. The maximum Gasteiger partial charge on any atom is 0.344 e. The van der Waals surface area contributed by atoms with E-state index >= 15 is 0 Å². The van der Waals surface area contributed by atoms with Crippen molar-refractivity contribution >= 4 is 17.6 Å².